The maximum absolute atomic E-state index is 4.76. The predicted octanol–water partition coefficient (Wildman–Crippen LogP) is 2.95. The van der Waals surface area contributed by atoms with Gasteiger partial charge in [-0.1, -0.05) is 0 Å². The summed E-state index contributed by atoms with van der Waals surface area (Å²) in [6.45, 7) is 0. The van der Waals surface area contributed by atoms with Gasteiger partial charge >= 0.3 is 169 Å². The van der Waals surface area contributed by atoms with E-state index in [0.29, 0.717) is 0 Å². The molecule has 0 bridgehead atoms. The zero-order valence-corrected chi connectivity index (χ0v) is 18.2. The predicted molar refractivity (Wildman–Crippen MR) is 117 cm³/mol. The van der Waals surface area contributed by atoms with Gasteiger partial charge in [0.2, 0.25) is 0 Å². The van der Waals surface area contributed by atoms with Crippen LogP contribution >= 0.6 is 0 Å². The molecule has 0 N–H and O–H groups in total. The number of rotatable bonds is 4. The Bertz CT molecular complexity index is 1110. The van der Waals surface area contributed by atoms with Crippen LogP contribution in [0.2, 0.25) is 0 Å². The topological polar surface area (TPSA) is 30.7 Å². The van der Waals surface area contributed by atoms with E-state index in [1.165, 1.54) is 10.7 Å². The van der Waals surface area contributed by atoms with Crippen LogP contribution < -0.4 is 10.7 Å². The molecule has 4 heteroatoms. The summed E-state index contributed by atoms with van der Waals surface area (Å²) in [5.41, 5.74) is 2.03. The Morgan fingerprint density at radius 3 is 1.43 bits per heavy atom. The first-order valence-corrected chi connectivity index (χ1v) is 14.9. The molecule has 5 aromatic rings. The maximum atomic E-state index is 4.76. The summed E-state index contributed by atoms with van der Waals surface area (Å²) in [4.78, 5) is 0. The van der Waals surface area contributed by atoms with Gasteiger partial charge in [-0.2, -0.15) is 0 Å². The fourth-order valence-corrected chi connectivity index (χ4v) is 16.8. The van der Waals surface area contributed by atoms with E-state index in [9.17, 15) is 0 Å². The van der Waals surface area contributed by atoms with Crippen molar-refractivity contribution in [3.05, 3.63) is 115 Å². The standard InChI is InChI=1S/C6H4N3.3C6H5.Sn/c1-2-4-6-5(3-1)7-9-8-6;3*1-2-4-6-5-3-1;/h1-4H;3*1-5H;/q-1;;;;+1. The SMILES string of the molecule is c1cc[c]([Sn]([c]2ccccc2)([c]2ccccc2)[n]2nnc3ccccc32)cc1. The molecule has 5 rings (SSSR count). The summed E-state index contributed by atoms with van der Waals surface area (Å²) in [5.74, 6) is 0. The molecule has 4 aromatic carbocycles. The van der Waals surface area contributed by atoms with Gasteiger partial charge in [0.1, 0.15) is 0 Å². The Labute approximate surface area is 168 Å². The molecule has 0 unspecified atom stereocenters. The molecule has 28 heavy (non-hydrogen) atoms. The molecule has 3 nitrogen and oxygen atoms in total. The molecule has 0 fully saturated rings. The molecule has 0 spiro atoms. The van der Waals surface area contributed by atoms with E-state index in [1.54, 1.807) is 0 Å². The number of benzene rings is 4. The van der Waals surface area contributed by atoms with Gasteiger partial charge < -0.3 is 0 Å². The molecule has 1 heterocycles. The monoisotopic (exact) mass is 469 g/mol. The zero-order chi connectivity index (χ0) is 18.8. The fourth-order valence-electron chi connectivity index (χ4n) is 4.02. The number of fused-ring (bicyclic) bond motifs is 1. The number of para-hydroxylation sites is 1. The second-order valence-electron chi connectivity index (χ2n) is 6.80. The van der Waals surface area contributed by atoms with Gasteiger partial charge in [0.05, 0.1) is 0 Å². The molecule has 0 saturated carbocycles. The van der Waals surface area contributed by atoms with E-state index in [0.717, 1.165) is 11.0 Å². The molecular formula is C24H19N3Sn. The van der Waals surface area contributed by atoms with Crippen LogP contribution in [0.1, 0.15) is 0 Å². The average Bonchev–Trinajstić information content (AvgIpc) is 3.21. The van der Waals surface area contributed by atoms with E-state index in [2.05, 4.69) is 111 Å². The van der Waals surface area contributed by atoms with Crippen molar-refractivity contribution >= 4 is 40.4 Å². The molecule has 1 aromatic heterocycles. The quantitative estimate of drug-likeness (QED) is 0.380. The number of nitrogens with zero attached hydrogens (tertiary/aromatic N) is 3. The zero-order valence-electron chi connectivity index (χ0n) is 15.3. The van der Waals surface area contributed by atoms with E-state index in [-0.39, 0.29) is 0 Å². The van der Waals surface area contributed by atoms with Crippen molar-refractivity contribution < 1.29 is 0 Å². The second kappa shape index (κ2) is 7.24. The third-order valence-electron chi connectivity index (χ3n) is 5.24. The summed E-state index contributed by atoms with van der Waals surface area (Å²) >= 11 is -3.72. The summed E-state index contributed by atoms with van der Waals surface area (Å²) < 4.78 is 6.32. The summed E-state index contributed by atoms with van der Waals surface area (Å²) in [7, 11) is 0. The summed E-state index contributed by atoms with van der Waals surface area (Å²) in [6.07, 6.45) is 0. The first-order chi connectivity index (χ1) is 13.9. The van der Waals surface area contributed by atoms with Crippen molar-refractivity contribution in [1.29, 1.82) is 0 Å². The van der Waals surface area contributed by atoms with E-state index >= 15 is 0 Å². The fraction of sp³-hybridized carbons (Fsp3) is 0. The number of hydrogen-bond acceptors (Lipinski definition) is 2. The molecule has 0 aliphatic heterocycles. The molecule has 0 aliphatic carbocycles. The van der Waals surface area contributed by atoms with E-state index in [1.807, 2.05) is 12.1 Å². The summed E-state index contributed by atoms with van der Waals surface area (Å²) in [6, 6.07) is 40.8. The summed E-state index contributed by atoms with van der Waals surface area (Å²) in [5, 5.41) is 9.28. The van der Waals surface area contributed by atoms with Gasteiger partial charge in [-0.15, -0.1) is 0 Å². The van der Waals surface area contributed by atoms with Crippen molar-refractivity contribution in [1.82, 2.24) is 13.2 Å². The minimum absolute atomic E-state index is 0.936. The molecule has 0 amide bonds. The van der Waals surface area contributed by atoms with Crippen LogP contribution in [0, 0.1) is 0 Å². The first-order valence-electron chi connectivity index (χ1n) is 9.38. The third kappa shape index (κ3) is 2.66. The van der Waals surface area contributed by atoms with Crippen LogP contribution in [0.4, 0.5) is 0 Å². The van der Waals surface area contributed by atoms with Gasteiger partial charge in [-0.25, -0.2) is 0 Å². The van der Waals surface area contributed by atoms with Crippen LogP contribution in [0.5, 0.6) is 0 Å². The van der Waals surface area contributed by atoms with Crippen molar-refractivity contribution in [2.75, 3.05) is 0 Å². The molecule has 0 atom stereocenters. The van der Waals surface area contributed by atoms with Gasteiger partial charge in [-0.3, -0.25) is 0 Å². The van der Waals surface area contributed by atoms with Crippen LogP contribution in [0.3, 0.4) is 0 Å². The van der Waals surface area contributed by atoms with Crippen LogP contribution in [0.15, 0.2) is 115 Å². The second-order valence-corrected chi connectivity index (χ2v) is 17.0. The Balaban J connectivity index is 1.96. The Morgan fingerprint density at radius 2 is 0.929 bits per heavy atom. The molecule has 0 saturated heterocycles. The average molecular weight is 468 g/mol. The third-order valence-corrected chi connectivity index (χ3v) is 18.0. The van der Waals surface area contributed by atoms with E-state index in [4.69, 9.17) is 5.21 Å². The van der Waals surface area contributed by atoms with Gasteiger partial charge in [0.15, 0.2) is 0 Å². The molecule has 0 radical (unpaired) electrons. The Hall–Kier alpha value is -2.92. The van der Waals surface area contributed by atoms with Crippen molar-refractivity contribution in [2.24, 2.45) is 0 Å². The molecule has 0 aliphatic rings. The van der Waals surface area contributed by atoms with Crippen LogP contribution in [0.25, 0.3) is 11.0 Å². The molecule has 134 valence electrons. The van der Waals surface area contributed by atoms with Crippen molar-refractivity contribution in [3.63, 3.8) is 0 Å². The van der Waals surface area contributed by atoms with E-state index < -0.39 is 18.7 Å². The van der Waals surface area contributed by atoms with Crippen molar-refractivity contribution in [2.45, 2.75) is 0 Å². The number of hydrogen-bond donors (Lipinski definition) is 0. The normalized spacial score (nSPS) is 11.6. The Kier molecular flexibility index (Phi) is 4.45. The minimum atomic E-state index is -3.72. The van der Waals surface area contributed by atoms with Crippen LogP contribution in [-0.2, 0) is 0 Å². The van der Waals surface area contributed by atoms with Gasteiger partial charge in [0.25, 0.3) is 0 Å². The van der Waals surface area contributed by atoms with Gasteiger partial charge in [-0.05, 0) is 0 Å². The first kappa shape index (κ1) is 17.2. The Morgan fingerprint density at radius 1 is 0.500 bits per heavy atom. The van der Waals surface area contributed by atoms with Gasteiger partial charge in [0, 0.05) is 0 Å². The number of aromatic nitrogens is 3. The van der Waals surface area contributed by atoms with Crippen molar-refractivity contribution in [3.8, 4) is 0 Å². The van der Waals surface area contributed by atoms with Crippen LogP contribution in [-0.4, -0.2) is 31.9 Å². The molecular weight excluding hydrogens is 449 g/mol.